The summed E-state index contributed by atoms with van der Waals surface area (Å²) >= 11 is 7.45. The fourth-order valence-corrected chi connectivity index (χ4v) is 4.11. The van der Waals surface area contributed by atoms with Crippen LogP contribution in [-0.2, 0) is 12.3 Å². The minimum absolute atomic E-state index is 0.243. The molecule has 1 amide bonds. The van der Waals surface area contributed by atoms with Crippen molar-refractivity contribution in [2.75, 3.05) is 0 Å². The molecule has 3 aromatic heterocycles. The maximum Gasteiger partial charge on any atom is 0.274 e. The Morgan fingerprint density at radius 3 is 2.53 bits per heavy atom. The molecule has 0 spiro atoms. The predicted molar refractivity (Wildman–Crippen MR) is 123 cm³/mol. The Balaban J connectivity index is 1.61. The van der Waals surface area contributed by atoms with Gasteiger partial charge in [-0.25, -0.2) is 14.6 Å². The summed E-state index contributed by atoms with van der Waals surface area (Å²) in [5, 5.41) is 12.5. The van der Waals surface area contributed by atoms with Crippen LogP contribution in [-0.4, -0.2) is 35.9 Å². The van der Waals surface area contributed by atoms with Crippen molar-refractivity contribution in [1.82, 2.24) is 35.3 Å². The first-order chi connectivity index (χ1) is 15.5. The number of amides is 1. The molecule has 8 nitrogen and oxygen atoms in total. The Hall–Kier alpha value is -3.30. The highest BCUT2D eigenvalue weighted by molar-refractivity contribution is 7.98. The lowest BCUT2D eigenvalue weighted by atomic mass is 10.2. The lowest BCUT2D eigenvalue weighted by Gasteiger charge is -2.09. The number of aromatic nitrogens is 6. The van der Waals surface area contributed by atoms with Gasteiger partial charge in [-0.3, -0.25) is 9.78 Å². The van der Waals surface area contributed by atoms with E-state index in [1.165, 1.54) is 11.8 Å². The van der Waals surface area contributed by atoms with E-state index in [0.717, 1.165) is 22.8 Å². The summed E-state index contributed by atoms with van der Waals surface area (Å²) in [5.41, 5.74) is 4.16. The minimum Gasteiger partial charge on any atom is -0.345 e. The number of nitrogens with one attached hydrogen (secondary N) is 1. The van der Waals surface area contributed by atoms with E-state index in [0.29, 0.717) is 28.2 Å². The third kappa shape index (κ3) is 5.30. The maximum absolute atomic E-state index is 12.9. The second kappa shape index (κ2) is 9.88. The molecule has 0 saturated heterocycles. The Morgan fingerprint density at radius 2 is 1.84 bits per heavy atom. The molecule has 0 aliphatic rings. The summed E-state index contributed by atoms with van der Waals surface area (Å²) in [4.78, 5) is 26.1. The molecule has 0 bridgehead atoms. The van der Waals surface area contributed by atoms with E-state index in [4.69, 9.17) is 11.6 Å². The Bertz CT molecular complexity index is 1210. The molecule has 10 heteroatoms. The highest BCUT2D eigenvalue weighted by atomic mass is 35.5. The number of carbonyl (C=O) groups excluding carboxylic acids is 1. The van der Waals surface area contributed by atoms with Crippen LogP contribution in [0, 0.1) is 13.8 Å². The van der Waals surface area contributed by atoms with Crippen molar-refractivity contribution in [2.24, 2.45) is 0 Å². The van der Waals surface area contributed by atoms with Crippen molar-refractivity contribution in [1.29, 1.82) is 0 Å². The van der Waals surface area contributed by atoms with Gasteiger partial charge >= 0.3 is 0 Å². The van der Waals surface area contributed by atoms with Gasteiger partial charge in [-0.2, -0.15) is 0 Å². The number of aryl methyl sites for hydroxylation is 2. The van der Waals surface area contributed by atoms with Crippen LogP contribution in [0.2, 0.25) is 5.02 Å². The number of halogens is 1. The fraction of sp³-hybridized carbons (Fsp3) is 0.182. The van der Waals surface area contributed by atoms with E-state index in [-0.39, 0.29) is 11.6 Å². The third-order valence-corrected chi connectivity index (χ3v) is 5.62. The molecule has 4 aromatic rings. The summed E-state index contributed by atoms with van der Waals surface area (Å²) in [6.07, 6.45) is 1.68. The monoisotopic (exact) mass is 465 g/mol. The molecule has 0 aliphatic carbocycles. The molecule has 3 heterocycles. The molecule has 32 heavy (non-hydrogen) atoms. The molecular formula is C22H20ClN7OS. The van der Waals surface area contributed by atoms with Gasteiger partial charge in [-0.05, 0) is 56.3 Å². The average Bonchev–Trinajstić information content (AvgIpc) is 3.20. The zero-order valence-electron chi connectivity index (χ0n) is 17.5. The third-order valence-electron chi connectivity index (χ3n) is 4.51. The predicted octanol–water partition coefficient (Wildman–Crippen LogP) is 3.94. The zero-order chi connectivity index (χ0) is 22.5. The summed E-state index contributed by atoms with van der Waals surface area (Å²) < 4.78 is 1.64. The van der Waals surface area contributed by atoms with Crippen molar-refractivity contribution in [3.05, 3.63) is 88.2 Å². The smallest absolute Gasteiger partial charge is 0.274 e. The molecule has 0 unspecified atom stereocenters. The first kappa shape index (κ1) is 21.9. The molecular weight excluding hydrogens is 446 g/mol. The molecule has 162 valence electrons. The van der Waals surface area contributed by atoms with Gasteiger partial charge < -0.3 is 5.32 Å². The second-order valence-corrected chi connectivity index (χ2v) is 8.38. The quantitative estimate of drug-likeness (QED) is 0.326. The summed E-state index contributed by atoms with van der Waals surface area (Å²) in [7, 11) is 0. The number of nitrogens with zero attached hydrogens (tertiary/aromatic N) is 6. The van der Waals surface area contributed by atoms with Gasteiger partial charge in [0, 0.05) is 28.4 Å². The summed E-state index contributed by atoms with van der Waals surface area (Å²) in [6.45, 7) is 4.14. The number of rotatable bonds is 7. The van der Waals surface area contributed by atoms with Crippen molar-refractivity contribution in [3.8, 4) is 5.69 Å². The molecule has 0 radical (unpaired) electrons. The van der Waals surface area contributed by atoms with Crippen molar-refractivity contribution >= 4 is 29.3 Å². The van der Waals surface area contributed by atoms with Crippen LogP contribution < -0.4 is 5.32 Å². The number of pyridine rings is 1. The van der Waals surface area contributed by atoms with Crippen molar-refractivity contribution < 1.29 is 4.79 Å². The van der Waals surface area contributed by atoms with Crippen LogP contribution in [0.1, 0.15) is 33.3 Å². The Kier molecular flexibility index (Phi) is 6.77. The number of benzene rings is 1. The van der Waals surface area contributed by atoms with Gasteiger partial charge in [0.2, 0.25) is 0 Å². The second-order valence-electron chi connectivity index (χ2n) is 7.00. The number of hydrogen-bond donors (Lipinski definition) is 1. The molecule has 1 N–H and O–H groups in total. The largest absolute Gasteiger partial charge is 0.345 e. The SMILES string of the molecule is Cc1cc(C)nc(SCc2c(C(=O)NCc3ccccn3)nnn2-c2ccc(Cl)cc2)n1. The van der Waals surface area contributed by atoms with Crippen molar-refractivity contribution in [2.45, 2.75) is 31.3 Å². The normalized spacial score (nSPS) is 10.8. The van der Waals surface area contributed by atoms with E-state index >= 15 is 0 Å². The molecule has 0 fully saturated rings. The maximum atomic E-state index is 12.9. The van der Waals surface area contributed by atoms with Gasteiger partial charge in [0.05, 0.1) is 23.6 Å². The lowest BCUT2D eigenvalue weighted by molar-refractivity contribution is 0.0944. The van der Waals surface area contributed by atoms with Crippen LogP contribution in [0.5, 0.6) is 0 Å². The molecule has 4 rings (SSSR count). The lowest BCUT2D eigenvalue weighted by Crippen LogP contribution is -2.25. The van der Waals surface area contributed by atoms with E-state index in [9.17, 15) is 4.79 Å². The van der Waals surface area contributed by atoms with Gasteiger partial charge in [0.15, 0.2) is 10.9 Å². The van der Waals surface area contributed by atoms with Crippen LogP contribution in [0.25, 0.3) is 5.69 Å². The van der Waals surface area contributed by atoms with Crippen LogP contribution >= 0.6 is 23.4 Å². The Labute approximate surface area is 194 Å². The first-order valence-corrected chi connectivity index (χ1v) is 11.2. The fourth-order valence-electron chi connectivity index (χ4n) is 3.05. The molecule has 1 aromatic carbocycles. The van der Waals surface area contributed by atoms with Gasteiger partial charge in [-0.15, -0.1) is 5.10 Å². The number of carbonyl (C=O) groups is 1. The first-order valence-electron chi connectivity index (χ1n) is 9.83. The Morgan fingerprint density at radius 1 is 1.09 bits per heavy atom. The number of thioether (sulfide) groups is 1. The van der Waals surface area contributed by atoms with E-state index in [1.54, 1.807) is 23.0 Å². The topological polar surface area (TPSA) is 98.5 Å². The van der Waals surface area contributed by atoms with Crippen LogP contribution in [0.3, 0.4) is 0 Å². The highest BCUT2D eigenvalue weighted by Crippen LogP contribution is 2.24. The van der Waals surface area contributed by atoms with Gasteiger partial charge in [0.25, 0.3) is 5.91 Å². The number of hydrogen-bond acceptors (Lipinski definition) is 7. The molecule has 0 atom stereocenters. The zero-order valence-corrected chi connectivity index (χ0v) is 19.1. The summed E-state index contributed by atoms with van der Waals surface area (Å²) in [6, 6.07) is 14.7. The summed E-state index contributed by atoms with van der Waals surface area (Å²) in [5.74, 6) is 0.0815. The van der Waals surface area contributed by atoms with E-state index < -0.39 is 0 Å². The average molecular weight is 466 g/mol. The minimum atomic E-state index is -0.326. The van der Waals surface area contributed by atoms with Crippen molar-refractivity contribution in [3.63, 3.8) is 0 Å². The highest BCUT2D eigenvalue weighted by Gasteiger charge is 2.21. The van der Waals surface area contributed by atoms with Gasteiger partial charge in [-0.1, -0.05) is 34.6 Å². The van der Waals surface area contributed by atoms with Crippen LogP contribution in [0.4, 0.5) is 0 Å². The van der Waals surface area contributed by atoms with Gasteiger partial charge in [0.1, 0.15) is 0 Å². The van der Waals surface area contributed by atoms with E-state index in [2.05, 4.69) is 30.6 Å². The molecule has 0 aliphatic heterocycles. The standard InChI is InChI=1S/C22H20ClN7OS/c1-14-11-15(2)27-22(26-14)32-13-19-20(21(31)25-12-17-5-3-4-10-24-17)28-29-30(19)18-8-6-16(23)7-9-18/h3-11H,12-13H2,1-2H3,(H,25,31). The van der Waals surface area contributed by atoms with Crippen LogP contribution in [0.15, 0.2) is 59.9 Å². The van der Waals surface area contributed by atoms with E-state index in [1.807, 2.05) is 50.2 Å². The molecule has 0 saturated carbocycles.